The highest BCUT2D eigenvalue weighted by Crippen LogP contribution is 2.69. The highest BCUT2D eigenvalue weighted by atomic mass is 32.2. The number of thiazole rings is 1. The van der Waals surface area contributed by atoms with Gasteiger partial charge < -0.3 is 10.1 Å². The molecule has 1 N–H and O–H groups in total. The second-order valence-corrected chi connectivity index (χ2v) is 15.3. The minimum absolute atomic E-state index is 0.0255. The average molecular weight is 706 g/mol. The Morgan fingerprint density at radius 3 is 2.33 bits per heavy atom. The van der Waals surface area contributed by atoms with E-state index in [1.54, 1.807) is 19.2 Å². The van der Waals surface area contributed by atoms with Gasteiger partial charge in [-0.3, -0.25) is 28.6 Å². The summed E-state index contributed by atoms with van der Waals surface area (Å²) in [6, 6.07) is 19.3. The molecule has 1 aromatic heterocycles. The molecule has 49 heavy (non-hydrogen) atoms. The van der Waals surface area contributed by atoms with Crippen molar-refractivity contribution in [2.75, 3.05) is 17.3 Å². The number of fused-ring (bicyclic) bond motifs is 9. The predicted molar refractivity (Wildman–Crippen MR) is 179 cm³/mol. The van der Waals surface area contributed by atoms with Gasteiger partial charge >= 0.3 is 11.0 Å². The van der Waals surface area contributed by atoms with Crippen molar-refractivity contribution in [1.82, 2.24) is 4.57 Å². The van der Waals surface area contributed by atoms with E-state index >= 15 is 0 Å². The van der Waals surface area contributed by atoms with Crippen molar-refractivity contribution < 1.29 is 32.3 Å². The molecule has 3 aromatic carbocycles. The maximum absolute atomic E-state index is 14.0. The SMILES string of the molecule is COc1ccc(C2c3sc(=O)n(CC(=O)Nc4cccc(C(F)(F)F)c4)c3SC3C4CC(C5C(=O)N(c6ccc(C)cc6)C(=O)C45)C23)cc1. The van der Waals surface area contributed by atoms with Crippen LogP contribution < -0.4 is 19.8 Å². The summed E-state index contributed by atoms with van der Waals surface area (Å²) in [4.78, 5) is 56.6. The molecule has 2 bridgehead atoms. The van der Waals surface area contributed by atoms with Gasteiger partial charge in [0, 0.05) is 21.7 Å². The second-order valence-electron chi connectivity index (χ2n) is 13.1. The minimum Gasteiger partial charge on any atom is -0.497 e. The van der Waals surface area contributed by atoms with E-state index in [9.17, 15) is 32.3 Å². The number of halogens is 3. The summed E-state index contributed by atoms with van der Waals surface area (Å²) >= 11 is 2.54. The molecular weight excluding hydrogens is 676 g/mol. The normalized spacial score (nSPS) is 26.8. The summed E-state index contributed by atoms with van der Waals surface area (Å²) in [5.41, 5.74) is 1.61. The molecule has 13 heteroatoms. The van der Waals surface area contributed by atoms with Crippen LogP contribution in [0.3, 0.4) is 0 Å². The average Bonchev–Trinajstić information content (AvgIpc) is 3.80. The molecule has 2 aliphatic carbocycles. The number of carbonyl (C=O) groups excluding carboxylic acids is 3. The van der Waals surface area contributed by atoms with Crippen molar-refractivity contribution in [3.8, 4) is 5.75 Å². The number of methoxy groups -OCH3 is 1. The van der Waals surface area contributed by atoms with Gasteiger partial charge in [0.25, 0.3) is 0 Å². The van der Waals surface area contributed by atoms with Gasteiger partial charge in [-0.2, -0.15) is 13.2 Å². The number of imide groups is 1. The number of ether oxygens (including phenoxy) is 1. The van der Waals surface area contributed by atoms with Crippen LogP contribution >= 0.6 is 23.1 Å². The Balaban J connectivity index is 1.15. The number of amides is 3. The van der Waals surface area contributed by atoms with E-state index in [0.29, 0.717) is 22.9 Å². The van der Waals surface area contributed by atoms with Gasteiger partial charge in [0.2, 0.25) is 17.7 Å². The van der Waals surface area contributed by atoms with Gasteiger partial charge in [-0.25, -0.2) is 0 Å². The molecule has 2 aliphatic heterocycles. The fourth-order valence-electron chi connectivity index (χ4n) is 8.50. The van der Waals surface area contributed by atoms with Crippen LogP contribution in [0, 0.1) is 36.5 Å². The molecule has 4 aromatic rings. The zero-order valence-electron chi connectivity index (χ0n) is 26.3. The van der Waals surface area contributed by atoms with Crippen LogP contribution in [0.15, 0.2) is 82.6 Å². The fourth-order valence-corrected chi connectivity index (χ4v) is 11.7. The van der Waals surface area contributed by atoms with Crippen LogP contribution in [0.2, 0.25) is 0 Å². The lowest BCUT2D eigenvalue weighted by Gasteiger charge is -2.43. The van der Waals surface area contributed by atoms with E-state index in [1.807, 2.05) is 43.3 Å². The van der Waals surface area contributed by atoms with Crippen LogP contribution in [0.1, 0.15) is 33.9 Å². The molecular formula is C36H30F3N3O5S2. The summed E-state index contributed by atoms with van der Waals surface area (Å²) in [5.74, 6) is -1.80. The maximum Gasteiger partial charge on any atom is 0.416 e. The van der Waals surface area contributed by atoms with Gasteiger partial charge in [0.05, 0.1) is 35.2 Å². The first-order chi connectivity index (χ1) is 23.4. The van der Waals surface area contributed by atoms with Crippen molar-refractivity contribution in [2.24, 2.45) is 29.6 Å². The number of nitrogens with zero attached hydrogens (tertiary/aromatic N) is 2. The Bertz CT molecular complexity index is 2060. The third kappa shape index (κ3) is 5.11. The van der Waals surface area contributed by atoms with Crippen LogP contribution in [-0.4, -0.2) is 34.6 Å². The molecule has 2 saturated carbocycles. The standard InChI is InChI=1S/C36H30F3N3O5S2/c1-17-6-10-21(11-7-17)42-32(44)28-23-15-24(29(28)33(42)45)30-27(23)26(18-8-12-22(47-2)13-9-18)31-34(48-30)41(35(46)49-31)16-25(43)40-20-5-3-4-19(14-20)36(37,38)39/h3-14,23-24,26-30H,15-16H2,1-2H3,(H,40,43). The Morgan fingerprint density at radius 2 is 1.65 bits per heavy atom. The van der Waals surface area contributed by atoms with Gasteiger partial charge in [-0.1, -0.05) is 47.2 Å². The van der Waals surface area contributed by atoms with Crippen LogP contribution in [0.25, 0.3) is 0 Å². The van der Waals surface area contributed by atoms with Gasteiger partial charge in [-0.15, -0.1) is 11.8 Å². The number of benzene rings is 3. The molecule has 3 heterocycles. The zero-order chi connectivity index (χ0) is 34.4. The third-order valence-corrected chi connectivity index (χ3v) is 13.3. The molecule has 8 nitrogen and oxygen atoms in total. The number of aryl methyl sites for hydroxylation is 1. The van der Waals surface area contributed by atoms with Crippen LogP contribution in [0.4, 0.5) is 24.5 Å². The summed E-state index contributed by atoms with van der Waals surface area (Å²) < 4.78 is 46.6. The van der Waals surface area contributed by atoms with E-state index in [0.717, 1.165) is 39.5 Å². The minimum atomic E-state index is -4.57. The fraction of sp³-hybridized carbons (Fsp3) is 0.333. The molecule has 0 spiro atoms. The molecule has 1 saturated heterocycles. The van der Waals surface area contributed by atoms with Gasteiger partial charge in [0.15, 0.2) is 0 Å². The Hall–Kier alpha value is -4.36. The number of anilines is 2. The van der Waals surface area contributed by atoms with Crippen LogP contribution in [-0.2, 0) is 27.1 Å². The predicted octanol–water partition coefficient (Wildman–Crippen LogP) is 6.56. The van der Waals surface area contributed by atoms with Gasteiger partial charge in [0.1, 0.15) is 12.3 Å². The first kappa shape index (κ1) is 31.9. The molecule has 252 valence electrons. The van der Waals surface area contributed by atoms with E-state index < -0.39 is 29.5 Å². The molecule has 4 aliphatic rings. The van der Waals surface area contributed by atoms with Gasteiger partial charge in [-0.05, 0) is 79.1 Å². The number of hydrogen-bond acceptors (Lipinski definition) is 7. The van der Waals surface area contributed by atoms with Crippen molar-refractivity contribution in [1.29, 1.82) is 0 Å². The Kier molecular flexibility index (Phi) is 7.56. The molecule has 8 rings (SSSR count). The second kappa shape index (κ2) is 11.6. The number of aromatic nitrogens is 1. The van der Waals surface area contributed by atoms with Crippen molar-refractivity contribution in [3.05, 3.63) is 104 Å². The van der Waals surface area contributed by atoms with E-state index in [1.165, 1.54) is 33.4 Å². The first-order valence-corrected chi connectivity index (χ1v) is 17.6. The largest absolute Gasteiger partial charge is 0.497 e. The van der Waals surface area contributed by atoms with E-state index in [-0.39, 0.29) is 57.8 Å². The maximum atomic E-state index is 14.0. The zero-order valence-corrected chi connectivity index (χ0v) is 27.9. The Labute approximate surface area is 287 Å². The number of rotatable bonds is 6. The lowest BCUT2D eigenvalue weighted by Crippen LogP contribution is -2.43. The molecule has 0 radical (unpaired) electrons. The quantitative estimate of drug-likeness (QED) is 0.228. The van der Waals surface area contributed by atoms with E-state index in [2.05, 4.69) is 5.32 Å². The summed E-state index contributed by atoms with van der Waals surface area (Å²) in [6.07, 6.45) is -3.87. The number of nitrogens with one attached hydrogen (secondary N) is 1. The number of thioether (sulfide) groups is 1. The number of carbonyl (C=O) groups is 3. The highest BCUT2D eigenvalue weighted by molar-refractivity contribution is 8.00. The molecule has 7 atom stereocenters. The Morgan fingerprint density at radius 1 is 0.959 bits per heavy atom. The lowest BCUT2D eigenvalue weighted by atomic mass is 9.68. The van der Waals surface area contributed by atoms with E-state index in [4.69, 9.17) is 4.74 Å². The van der Waals surface area contributed by atoms with Crippen molar-refractivity contribution in [2.45, 2.75) is 42.3 Å². The van der Waals surface area contributed by atoms with Crippen molar-refractivity contribution >= 4 is 52.2 Å². The van der Waals surface area contributed by atoms with Crippen LogP contribution in [0.5, 0.6) is 5.75 Å². The summed E-state index contributed by atoms with van der Waals surface area (Å²) in [5, 5.41) is 3.03. The van der Waals surface area contributed by atoms with Crippen molar-refractivity contribution in [3.63, 3.8) is 0 Å². The topological polar surface area (TPSA) is 97.7 Å². The summed E-state index contributed by atoms with van der Waals surface area (Å²) in [7, 11) is 1.58. The number of hydrogen-bond donors (Lipinski definition) is 1. The molecule has 3 fully saturated rings. The monoisotopic (exact) mass is 705 g/mol. The smallest absolute Gasteiger partial charge is 0.416 e. The third-order valence-electron chi connectivity index (χ3n) is 10.5. The summed E-state index contributed by atoms with van der Waals surface area (Å²) in [6.45, 7) is 1.56. The first-order valence-electron chi connectivity index (χ1n) is 15.9. The highest BCUT2D eigenvalue weighted by Gasteiger charge is 2.69. The lowest BCUT2D eigenvalue weighted by molar-refractivity contribution is -0.137. The number of alkyl halides is 3. The molecule has 7 unspecified atom stereocenters. The molecule has 3 amide bonds.